The average molecular weight is 266 g/mol. The predicted molar refractivity (Wildman–Crippen MR) is 66.8 cm³/mol. The van der Waals surface area contributed by atoms with E-state index in [1.165, 1.54) is 24.3 Å². The van der Waals surface area contributed by atoms with Crippen molar-refractivity contribution in [3.8, 4) is 0 Å². The molecule has 0 atom stereocenters. The summed E-state index contributed by atoms with van der Waals surface area (Å²) in [5, 5.41) is 0. The van der Waals surface area contributed by atoms with Gasteiger partial charge in [0.1, 0.15) is 5.82 Å². The molecule has 0 fully saturated rings. The number of alkyl halides is 3. The third-order valence-corrected chi connectivity index (χ3v) is 2.58. The van der Waals surface area contributed by atoms with E-state index in [-0.39, 0.29) is 5.82 Å². The fraction of sp³-hybridized carbons (Fsp3) is 0.0667. The summed E-state index contributed by atoms with van der Waals surface area (Å²) >= 11 is 0. The van der Waals surface area contributed by atoms with Gasteiger partial charge >= 0.3 is 6.18 Å². The van der Waals surface area contributed by atoms with Gasteiger partial charge in [-0.15, -0.1) is 0 Å². The first-order valence-corrected chi connectivity index (χ1v) is 5.56. The number of rotatable bonds is 2. The van der Waals surface area contributed by atoms with Gasteiger partial charge in [0.2, 0.25) is 0 Å². The molecular formula is C15H10F4. The van der Waals surface area contributed by atoms with Crippen molar-refractivity contribution >= 4 is 12.2 Å². The van der Waals surface area contributed by atoms with Crippen LogP contribution in [0.5, 0.6) is 0 Å². The molecule has 0 aliphatic rings. The molecule has 0 aliphatic carbocycles. The standard InChI is InChI=1S/C15H10F4/c16-14-9-5-12(6-10-14)2-1-11-3-7-13(8-4-11)15(17,18)19/h1-10H/b2-1+. The first kappa shape index (κ1) is 13.3. The maximum Gasteiger partial charge on any atom is 0.416 e. The Kier molecular flexibility index (Phi) is 3.69. The smallest absolute Gasteiger partial charge is 0.207 e. The van der Waals surface area contributed by atoms with Gasteiger partial charge in [-0.05, 0) is 35.4 Å². The Morgan fingerprint density at radius 3 is 1.53 bits per heavy atom. The third-order valence-electron chi connectivity index (χ3n) is 2.58. The highest BCUT2D eigenvalue weighted by Crippen LogP contribution is 2.29. The molecular weight excluding hydrogens is 256 g/mol. The quantitative estimate of drug-likeness (QED) is 0.529. The lowest BCUT2D eigenvalue weighted by atomic mass is 10.1. The van der Waals surface area contributed by atoms with Crippen LogP contribution >= 0.6 is 0 Å². The van der Waals surface area contributed by atoms with Gasteiger partial charge in [0.15, 0.2) is 0 Å². The molecule has 0 bridgehead atoms. The summed E-state index contributed by atoms with van der Waals surface area (Å²) in [6.07, 6.45) is -0.936. The minimum absolute atomic E-state index is 0.327. The lowest BCUT2D eigenvalue weighted by Gasteiger charge is -2.05. The van der Waals surface area contributed by atoms with Crippen molar-refractivity contribution in [1.82, 2.24) is 0 Å². The normalized spacial score (nSPS) is 12.0. The van der Waals surface area contributed by atoms with Crippen molar-refractivity contribution in [2.45, 2.75) is 6.18 Å². The molecule has 4 heteroatoms. The highest BCUT2D eigenvalue weighted by molar-refractivity contribution is 5.69. The molecule has 0 aliphatic heterocycles. The molecule has 19 heavy (non-hydrogen) atoms. The Labute approximate surface area is 108 Å². The summed E-state index contributed by atoms with van der Waals surface area (Å²) < 4.78 is 49.7. The Balaban J connectivity index is 2.13. The zero-order chi connectivity index (χ0) is 13.9. The monoisotopic (exact) mass is 266 g/mol. The van der Waals surface area contributed by atoms with E-state index in [9.17, 15) is 17.6 Å². The topological polar surface area (TPSA) is 0 Å². The van der Waals surface area contributed by atoms with Crippen LogP contribution in [0.1, 0.15) is 16.7 Å². The fourth-order valence-electron chi connectivity index (χ4n) is 1.55. The van der Waals surface area contributed by atoms with Crippen molar-refractivity contribution in [1.29, 1.82) is 0 Å². The Hall–Kier alpha value is -2.10. The van der Waals surface area contributed by atoms with Crippen LogP contribution in [-0.4, -0.2) is 0 Å². The molecule has 0 N–H and O–H groups in total. The number of hydrogen-bond acceptors (Lipinski definition) is 0. The average Bonchev–Trinajstić information content (AvgIpc) is 2.37. The largest absolute Gasteiger partial charge is 0.416 e. The Morgan fingerprint density at radius 2 is 1.11 bits per heavy atom. The van der Waals surface area contributed by atoms with Crippen LogP contribution in [0.3, 0.4) is 0 Å². The van der Waals surface area contributed by atoms with Gasteiger partial charge in [-0.2, -0.15) is 13.2 Å². The van der Waals surface area contributed by atoms with Crippen molar-refractivity contribution in [3.63, 3.8) is 0 Å². The molecule has 98 valence electrons. The second-order valence-electron chi connectivity index (χ2n) is 4.00. The van der Waals surface area contributed by atoms with Gasteiger partial charge in [0.05, 0.1) is 5.56 Å². The first-order valence-electron chi connectivity index (χ1n) is 5.56. The lowest BCUT2D eigenvalue weighted by molar-refractivity contribution is -0.137. The van der Waals surface area contributed by atoms with Crippen molar-refractivity contribution in [2.24, 2.45) is 0 Å². The van der Waals surface area contributed by atoms with E-state index in [0.29, 0.717) is 5.56 Å². The van der Waals surface area contributed by atoms with E-state index in [2.05, 4.69) is 0 Å². The van der Waals surface area contributed by atoms with Crippen LogP contribution in [0.4, 0.5) is 17.6 Å². The van der Waals surface area contributed by atoms with E-state index >= 15 is 0 Å². The third kappa shape index (κ3) is 3.68. The molecule has 0 amide bonds. The molecule has 0 nitrogen and oxygen atoms in total. The zero-order valence-electron chi connectivity index (χ0n) is 9.79. The van der Waals surface area contributed by atoms with E-state index in [1.807, 2.05) is 0 Å². The van der Waals surface area contributed by atoms with Gasteiger partial charge in [-0.25, -0.2) is 4.39 Å². The summed E-state index contributed by atoms with van der Waals surface area (Å²) in [5.74, 6) is -0.327. The maximum atomic E-state index is 12.7. The minimum Gasteiger partial charge on any atom is -0.207 e. The summed E-state index contributed by atoms with van der Waals surface area (Å²) in [7, 11) is 0. The Morgan fingerprint density at radius 1 is 0.684 bits per heavy atom. The van der Waals surface area contributed by atoms with Gasteiger partial charge in [0, 0.05) is 0 Å². The minimum atomic E-state index is -4.32. The second kappa shape index (κ2) is 5.26. The number of halogens is 4. The van der Waals surface area contributed by atoms with Gasteiger partial charge < -0.3 is 0 Å². The molecule has 2 rings (SSSR count). The van der Waals surface area contributed by atoms with Crippen LogP contribution in [0.2, 0.25) is 0 Å². The number of hydrogen-bond donors (Lipinski definition) is 0. The first-order chi connectivity index (χ1) is 8.95. The summed E-state index contributed by atoms with van der Waals surface area (Å²) in [6, 6.07) is 10.7. The van der Waals surface area contributed by atoms with Crippen molar-refractivity contribution in [2.75, 3.05) is 0 Å². The van der Waals surface area contributed by atoms with E-state index in [4.69, 9.17) is 0 Å². The van der Waals surface area contributed by atoms with Crippen LogP contribution in [0.25, 0.3) is 12.2 Å². The Bertz CT molecular complexity index is 563. The predicted octanol–water partition coefficient (Wildman–Crippen LogP) is 5.01. The SMILES string of the molecule is Fc1ccc(/C=C/c2ccc(C(F)(F)F)cc2)cc1. The van der Waals surface area contributed by atoms with Crippen molar-refractivity contribution < 1.29 is 17.6 Å². The van der Waals surface area contributed by atoms with E-state index in [1.54, 1.807) is 24.3 Å². The number of benzene rings is 2. The molecule has 0 radical (unpaired) electrons. The lowest BCUT2D eigenvalue weighted by Crippen LogP contribution is -2.03. The van der Waals surface area contributed by atoms with E-state index < -0.39 is 11.7 Å². The van der Waals surface area contributed by atoms with Gasteiger partial charge in [0.25, 0.3) is 0 Å². The van der Waals surface area contributed by atoms with Crippen LogP contribution < -0.4 is 0 Å². The highest BCUT2D eigenvalue weighted by atomic mass is 19.4. The van der Waals surface area contributed by atoms with Gasteiger partial charge in [-0.1, -0.05) is 36.4 Å². The molecule has 0 unspecified atom stereocenters. The summed E-state index contributed by atoms with van der Waals surface area (Å²) in [6.45, 7) is 0. The second-order valence-corrected chi connectivity index (χ2v) is 4.00. The summed E-state index contributed by atoms with van der Waals surface area (Å²) in [5.41, 5.74) is 0.755. The molecule has 0 spiro atoms. The molecule has 0 heterocycles. The van der Waals surface area contributed by atoms with E-state index in [0.717, 1.165) is 17.7 Å². The maximum absolute atomic E-state index is 12.7. The van der Waals surface area contributed by atoms with Crippen molar-refractivity contribution in [3.05, 3.63) is 71.0 Å². The molecule has 2 aromatic carbocycles. The molecule has 0 saturated carbocycles. The molecule has 2 aromatic rings. The molecule has 0 aromatic heterocycles. The fourth-order valence-corrected chi connectivity index (χ4v) is 1.55. The van der Waals surface area contributed by atoms with Crippen LogP contribution in [0, 0.1) is 5.82 Å². The highest BCUT2D eigenvalue weighted by Gasteiger charge is 2.29. The van der Waals surface area contributed by atoms with Crippen LogP contribution in [-0.2, 0) is 6.18 Å². The van der Waals surface area contributed by atoms with Gasteiger partial charge in [-0.3, -0.25) is 0 Å². The zero-order valence-corrected chi connectivity index (χ0v) is 9.79. The molecule has 0 saturated heterocycles. The summed E-state index contributed by atoms with van der Waals surface area (Å²) in [4.78, 5) is 0. The van der Waals surface area contributed by atoms with Crippen LogP contribution in [0.15, 0.2) is 48.5 Å².